The zero-order valence-corrected chi connectivity index (χ0v) is 13.7. The first-order chi connectivity index (χ1) is 10.8. The third kappa shape index (κ3) is 6.12. The van der Waals surface area contributed by atoms with Crippen LogP contribution < -0.4 is 10.6 Å². The van der Waals surface area contributed by atoms with Gasteiger partial charge in [0.15, 0.2) is 0 Å². The second-order valence-corrected chi connectivity index (χ2v) is 6.51. The lowest BCUT2D eigenvalue weighted by atomic mass is 10.0. The second-order valence-electron chi connectivity index (χ2n) is 4.94. The van der Waals surface area contributed by atoms with Crippen molar-refractivity contribution in [2.75, 3.05) is 25.5 Å². The Balaban J connectivity index is 1.77. The van der Waals surface area contributed by atoms with Gasteiger partial charge in [0.25, 0.3) is 0 Å². The van der Waals surface area contributed by atoms with E-state index in [1.54, 1.807) is 17.8 Å². The highest BCUT2D eigenvalue weighted by Gasteiger charge is 2.27. The molecule has 0 radical (unpaired) electrons. The first-order valence-corrected chi connectivity index (χ1v) is 8.32. The van der Waals surface area contributed by atoms with Crippen molar-refractivity contribution in [1.82, 2.24) is 10.6 Å². The zero-order valence-electron chi connectivity index (χ0n) is 12.1. The first kappa shape index (κ1) is 18.2. The molecule has 1 unspecified atom stereocenters. The number of amides is 2. The summed E-state index contributed by atoms with van der Waals surface area (Å²) in [6.45, 7) is -1.51. The Morgan fingerprint density at radius 2 is 2.22 bits per heavy atom. The molecule has 1 aliphatic heterocycles. The molecular weight excluding hydrogens is 353 g/mol. The highest BCUT2D eigenvalue weighted by molar-refractivity contribution is 7.99. The number of benzene rings is 1. The number of carbonyl (C=O) groups is 1. The number of alkyl halides is 3. The van der Waals surface area contributed by atoms with Crippen molar-refractivity contribution < 1.29 is 22.7 Å². The van der Waals surface area contributed by atoms with Crippen LogP contribution in [0.1, 0.15) is 18.0 Å². The summed E-state index contributed by atoms with van der Waals surface area (Å²) in [5, 5.41) is 5.89. The Bertz CT molecular complexity index is 557. The van der Waals surface area contributed by atoms with Crippen LogP contribution in [-0.2, 0) is 4.74 Å². The van der Waals surface area contributed by atoms with Gasteiger partial charge in [-0.2, -0.15) is 13.2 Å². The lowest BCUT2D eigenvalue weighted by Crippen LogP contribution is -2.40. The van der Waals surface area contributed by atoms with E-state index < -0.39 is 18.8 Å². The van der Waals surface area contributed by atoms with Crippen LogP contribution in [-0.4, -0.2) is 37.7 Å². The largest absolute Gasteiger partial charge is 0.411 e. The van der Waals surface area contributed by atoms with E-state index in [-0.39, 0.29) is 19.2 Å². The van der Waals surface area contributed by atoms with Gasteiger partial charge in [0.2, 0.25) is 0 Å². The van der Waals surface area contributed by atoms with Gasteiger partial charge in [-0.1, -0.05) is 11.6 Å². The number of ether oxygens (including phenoxy) is 1. The number of urea groups is 1. The lowest BCUT2D eigenvalue weighted by Gasteiger charge is -2.26. The standard InChI is InChI=1S/C14H16ClF3N2O2S/c15-9-1-2-12-10(7-9)11(3-6-23-12)20-13(21)19-4-5-22-8-14(16,17)18/h1-2,7,11H,3-6,8H2,(H2,19,20,21). The van der Waals surface area contributed by atoms with Crippen LogP contribution in [0.3, 0.4) is 0 Å². The van der Waals surface area contributed by atoms with Gasteiger partial charge in [-0.05, 0) is 30.2 Å². The van der Waals surface area contributed by atoms with Gasteiger partial charge in [-0.15, -0.1) is 11.8 Å². The van der Waals surface area contributed by atoms with E-state index in [1.807, 2.05) is 12.1 Å². The molecule has 0 saturated carbocycles. The Labute approximate surface area is 141 Å². The summed E-state index contributed by atoms with van der Waals surface area (Å²) in [7, 11) is 0. The van der Waals surface area contributed by atoms with Gasteiger partial charge in [0, 0.05) is 22.2 Å². The zero-order chi connectivity index (χ0) is 16.9. The summed E-state index contributed by atoms with van der Waals surface area (Å²) in [5.74, 6) is 0.869. The van der Waals surface area contributed by atoms with Crippen LogP contribution in [0, 0.1) is 0 Å². The van der Waals surface area contributed by atoms with Gasteiger partial charge >= 0.3 is 12.2 Å². The smallest absolute Gasteiger partial charge is 0.370 e. The predicted molar refractivity (Wildman–Crippen MR) is 82.9 cm³/mol. The topological polar surface area (TPSA) is 50.4 Å². The van der Waals surface area contributed by atoms with E-state index in [0.717, 1.165) is 22.6 Å². The molecule has 2 rings (SSSR count). The van der Waals surface area contributed by atoms with Crippen molar-refractivity contribution in [3.63, 3.8) is 0 Å². The molecule has 1 aliphatic rings. The Morgan fingerprint density at radius 3 is 2.96 bits per heavy atom. The molecule has 0 fully saturated rings. The molecule has 4 nitrogen and oxygen atoms in total. The van der Waals surface area contributed by atoms with E-state index in [9.17, 15) is 18.0 Å². The maximum absolute atomic E-state index is 11.9. The predicted octanol–water partition coefficient (Wildman–Crippen LogP) is 3.76. The highest BCUT2D eigenvalue weighted by atomic mass is 35.5. The van der Waals surface area contributed by atoms with E-state index in [4.69, 9.17) is 11.6 Å². The van der Waals surface area contributed by atoms with Gasteiger partial charge in [-0.3, -0.25) is 0 Å². The normalized spacial score (nSPS) is 17.5. The van der Waals surface area contributed by atoms with E-state index in [1.165, 1.54) is 0 Å². The summed E-state index contributed by atoms with van der Waals surface area (Å²) in [5.41, 5.74) is 0.956. The van der Waals surface area contributed by atoms with Crippen molar-refractivity contribution in [3.05, 3.63) is 28.8 Å². The van der Waals surface area contributed by atoms with E-state index in [0.29, 0.717) is 5.02 Å². The number of hydrogen-bond donors (Lipinski definition) is 2. The number of hydrogen-bond acceptors (Lipinski definition) is 3. The molecule has 0 aromatic heterocycles. The maximum atomic E-state index is 11.9. The Morgan fingerprint density at radius 1 is 1.43 bits per heavy atom. The van der Waals surface area contributed by atoms with Crippen LogP contribution in [0.15, 0.2) is 23.1 Å². The van der Waals surface area contributed by atoms with Crippen LogP contribution in [0.25, 0.3) is 0 Å². The lowest BCUT2D eigenvalue weighted by molar-refractivity contribution is -0.173. The second kappa shape index (κ2) is 8.12. The molecule has 0 bridgehead atoms. The first-order valence-electron chi connectivity index (χ1n) is 6.96. The van der Waals surface area contributed by atoms with Gasteiger partial charge in [0.05, 0.1) is 12.6 Å². The van der Waals surface area contributed by atoms with Crippen LogP contribution in [0.4, 0.5) is 18.0 Å². The van der Waals surface area contributed by atoms with Gasteiger partial charge < -0.3 is 15.4 Å². The van der Waals surface area contributed by atoms with Crippen molar-refractivity contribution in [3.8, 4) is 0 Å². The summed E-state index contributed by atoms with van der Waals surface area (Å²) in [6, 6.07) is 4.93. The summed E-state index contributed by atoms with van der Waals surface area (Å²) >= 11 is 7.69. The molecule has 0 aliphatic carbocycles. The molecule has 2 N–H and O–H groups in total. The highest BCUT2D eigenvalue weighted by Crippen LogP contribution is 2.37. The molecule has 1 aromatic carbocycles. The number of carbonyl (C=O) groups excluding carboxylic acids is 1. The molecule has 2 amide bonds. The summed E-state index contributed by atoms with van der Waals surface area (Å²) in [6.07, 6.45) is -3.60. The minimum atomic E-state index is -4.36. The fraction of sp³-hybridized carbons (Fsp3) is 0.500. The van der Waals surface area contributed by atoms with Crippen LogP contribution in [0.5, 0.6) is 0 Å². The van der Waals surface area contributed by atoms with Crippen molar-refractivity contribution >= 4 is 29.4 Å². The Hall–Kier alpha value is -1.12. The van der Waals surface area contributed by atoms with Crippen LogP contribution >= 0.6 is 23.4 Å². The van der Waals surface area contributed by atoms with Crippen LogP contribution in [0.2, 0.25) is 5.02 Å². The molecule has 9 heteroatoms. The average Bonchev–Trinajstić information content (AvgIpc) is 2.46. The quantitative estimate of drug-likeness (QED) is 0.778. The monoisotopic (exact) mass is 368 g/mol. The molecule has 23 heavy (non-hydrogen) atoms. The minimum Gasteiger partial charge on any atom is -0.370 e. The molecule has 1 aromatic rings. The van der Waals surface area contributed by atoms with E-state index >= 15 is 0 Å². The SMILES string of the molecule is O=C(NCCOCC(F)(F)F)NC1CCSc2ccc(Cl)cc21. The molecular formula is C14H16ClF3N2O2S. The number of nitrogens with one attached hydrogen (secondary N) is 2. The maximum Gasteiger partial charge on any atom is 0.411 e. The molecule has 1 atom stereocenters. The number of fused-ring (bicyclic) bond motifs is 1. The average molecular weight is 369 g/mol. The Kier molecular flexibility index (Phi) is 6.43. The van der Waals surface area contributed by atoms with Crippen molar-refractivity contribution in [2.24, 2.45) is 0 Å². The third-order valence-electron chi connectivity index (χ3n) is 3.11. The number of rotatable bonds is 5. The summed E-state index contributed by atoms with van der Waals surface area (Å²) in [4.78, 5) is 12.9. The molecule has 128 valence electrons. The van der Waals surface area contributed by atoms with E-state index in [2.05, 4.69) is 15.4 Å². The fourth-order valence-electron chi connectivity index (χ4n) is 2.15. The van der Waals surface area contributed by atoms with Crippen molar-refractivity contribution in [1.29, 1.82) is 0 Å². The van der Waals surface area contributed by atoms with Crippen molar-refractivity contribution in [2.45, 2.75) is 23.5 Å². The van der Waals surface area contributed by atoms with Gasteiger partial charge in [0.1, 0.15) is 6.61 Å². The minimum absolute atomic E-state index is 0.00574. The fourth-order valence-corrected chi connectivity index (χ4v) is 3.44. The number of halogens is 4. The van der Waals surface area contributed by atoms with Gasteiger partial charge in [-0.25, -0.2) is 4.79 Å². The molecule has 1 heterocycles. The third-order valence-corrected chi connectivity index (χ3v) is 4.47. The molecule has 0 saturated heterocycles. The summed E-state index contributed by atoms with van der Waals surface area (Å²) < 4.78 is 40.1. The molecule has 0 spiro atoms. The number of thioether (sulfide) groups is 1.